The molecule has 2 N–H and O–H groups in total. The minimum atomic E-state index is -0.159. The Kier molecular flexibility index (Phi) is 6.28. The van der Waals surface area contributed by atoms with E-state index in [1.807, 2.05) is 55.4 Å². The lowest BCUT2D eigenvalue weighted by Gasteiger charge is -2.16. The molecular formula is C19H25FN2O. The molecule has 2 aromatic rings. The summed E-state index contributed by atoms with van der Waals surface area (Å²) in [5.41, 5.74) is 3.65. The van der Waals surface area contributed by atoms with Gasteiger partial charge in [0.1, 0.15) is 5.82 Å². The van der Waals surface area contributed by atoms with Crippen LogP contribution in [0.25, 0.3) is 0 Å². The van der Waals surface area contributed by atoms with E-state index in [2.05, 4.69) is 12.2 Å². The zero-order valence-electron chi connectivity index (χ0n) is 14.0. The highest BCUT2D eigenvalue weighted by Gasteiger charge is 2.08. The Balaban J connectivity index is 1.98. The smallest absolute Gasteiger partial charge is 0.128 e. The molecule has 2 aromatic carbocycles. The van der Waals surface area contributed by atoms with Gasteiger partial charge in [-0.15, -0.1) is 0 Å². The minimum absolute atomic E-state index is 0.0408. The van der Waals surface area contributed by atoms with E-state index in [1.54, 1.807) is 6.07 Å². The highest BCUT2D eigenvalue weighted by molar-refractivity contribution is 5.27. The van der Waals surface area contributed by atoms with Gasteiger partial charge in [-0.2, -0.15) is 0 Å². The van der Waals surface area contributed by atoms with E-state index in [0.29, 0.717) is 18.7 Å². The summed E-state index contributed by atoms with van der Waals surface area (Å²) in [5.74, 6) is -0.159. The van der Waals surface area contributed by atoms with E-state index in [-0.39, 0.29) is 18.5 Å². The molecular weight excluding hydrogens is 291 g/mol. The van der Waals surface area contributed by atoms with Crippen LogP contribution in [-0.2, 0) is 19.7 Å². The van der Waals surface area contributed by atoms with E-state index in [1.165, 1.54) is 0 Å². The van der Waals surface area contributed by atoms with Gasteiger partial charge in [0.15, 0.2) is 0 Å². The highest BCUT2D eigenvalue weighted by Crippen LogP contribution is 2.16. The van der Waals surface area contributed by atoms with Gasteiger partial charge in [-0.1, -0.05) is 36.4 Å². The molecule has 3 nitrogen and oxygen atoms in total. The number of nitrogens with one attached hydrogen (secondary N) is 1. The molecule has 0 aliphatic rings. The molecule has 0 heterocycles. The van der Waals surface area contributed by atoms with Crippen LogP contribution in [0.1, 0.15) is 35.2 Å². The number of benzene rings is 2. The summed E-state index contributed by atoms with van der Waals surface area (Å²) in [4.78, 5) is 1.95. The van der Waals surface area contributed by atoms with Crippen LogP contribution >= 0.6 is 0 Å². The molecule has 0 amide bonds. The molecule has 1 unspecified atom stereocenters. The van der Waals surface area contributed by atoms with Gasteiger partial charge in [-0.3, -0.25) is 0 Å². The van der Waals surface area contributed by atoms with Crippen LogP contribution < -0.4 is 5.32 Å². The van der Waals surface area contributed by atoms with Crippen LogP contribution in [-0.4, -0.2) is 24.1 Å². The third-order valence-corrected chi connectivity index (χ3v) is 3.85. The topological polar surface area (TPSA) is 35.5 Å². The molecule has 1 atom stereocenters. The first-order chi connectivity index (χ1) is 11.0. The predicted molar refractivity (Wildman–Crippen MR) is 91.4 cm³/mol. The summed E-state index contributed by atoms with van der Waals surface area (Å²) in [6, 6.07) is 13.4. The number of halogens is 1. The molecule has 124 valence electrons. The van der Waals surface area contributed by atoms with Crippen molar-refractivity contribution in [3.63, 3.8) is 0 Å². The van der Waals surface area contributed by atoms with Gasteiger partial charge < -0.3 is 15.3 Å². The van der Waals surface area contributed by atoms with Gasteiger partial charge in [0.05, 0.1) is 6.61 Å². The van der Waals surface area contributed by atoms with Gasteiger partial charge in [0, 0.05) is 24.7 Å². The standard InChI is InChI=1S/C19H25FN2O/c1-14(17-6-4-5-16(9-17)13-23)21-11-15-7-8-18(12-22(2)3)19(20)10-15/h4-10,14,21,23H,11-13H2,1-3H3. The Bertz CT molecular complexity index is 643. The van der Waals surface area contributed by atoms with Gasteiger partial charge >= 0.3 is 0 Å². The highest BCUT2D eigenvalue weighted by atomic mass is 19.1. The van der Waals surface area contributed by atoms with Crippen LogP contribution in [0.4, 0.5) is 4.39 Å². The van der Waals surface area contributed by atoms with E-state index in [9.17, 15) is 9.50 Å². The SMILES string of the molecule is CC(NCc1ccc(CN(C)C)c(F)c1)c1cccc(CO)c1. The fourth-order valence-corrected chi connectivity index (χ4v) is 2.52. The second-order valence-corrected chi connectivity index (χ2v) is 6.17. The van der Waals surface area contributed by atoms with Crippen molar-refractivity contribution in [3.8, 4) is 0 Å². The molecule has 0 aliphatic carbocycles. The number of aliphatic hydroxyl groups is 1. The third kappa shape index (κ3) is 5.13. The molecule has 0 aromatic heterocycles. The number of nitrogens with zero attached hydrogens (tertiary/aromatic N) is 1. The predicted octanol–water partition coefficient (Wildman–Crippen LogP) is 3.23. The van der Waals surface area contributed by atoms with Crippen molar-refractivity contribution < 1.29 is 9.50 Å². The summed E-state index contributed by atoms with van der Waals surface area (Å²) >= 11 is 0. The Morgan fingerprint density at radius 3 is 2.57 bits per heavy atom. The van der Waals surface area contributed by atoms with Gasteiger partial charge in [0.2, 0.25) is 0 Å². The van der Waals surface area contributed by atoms with E-state index < -0.39 is 0 Å². The van der Waals surface area contributed by atoms with Crippen molar-refractivity contribution in [2.24, 2.45) is 0 Å². The van der Waals surface area contributed by atoms with E-state index in [4.69, 9.17) is 0 Å². The number of aliphatic hydroxyl groups excluding tert-OH is 1. The first-order valence-corrected chi connectivity index (χ1v) is 7.84. The van der Waals surface area contributed by atoms with Crippen LogP contribution in [0.5, 0.6) is 0 Å². The third-order valence-electron chi connectivity index (χ3n) is 3.85. The van der Waals surface area contributed by atoms with Crippen LogP contribution in [0.3, 0.4) is 0 Å². The maximum Gasteiger partial charge on any atom is 0.128 e. The fourth-order valence-electron chi connectivity index (χ4n) is 2.52. The van der Waals surface area contributed by atoms with E-state index in [0.717, 1.165) is 16.7 Å². The summed E-state index contributed by atoms with van der Waals surface area (Å²) in [6.07, 6.45) is 0. The lowest BCUT2D eigenvalue weighted by molar-refractivity contribution is 0.281. The summed E-state index contributed by atoms with van der Waals surface area (Å²) < 4.78 is 14.1. The summed E-state index contributed by atoms with van der Waals surface area (Å²) in [7, 11) is 3.86. The molecule has 0 saturated heterocycles. The number of hydrogen-bond acceptors (Lipinski definition) is 3. The zero-order chi connectivity index (χ0) is 16.8. The maximum atomic E-state index is 14.1. The Hall–Kier alpha value is -1.75. The first kappa shape index (κ1) is 17.6. The Morgan fingerprint density at radius 2 is 1.91 bits per heavy atom. The van der Waals surface area contributed by atoms with Crippen LogP contribution in [0.2, 0.25) is 0 Å². The molecule has 2 rings (SSSR count). The first-order valence-electron chi connectivity index (χ1n) is 7.84. The van der Waals surface area contributed by atoms with Crippen molar-refractivity contribution in [2.75, 3.05) is 14.1 Å². The summed E-state index contributed by atoms with van der Waals surface area (Å²) in [6.45, 7) is 3.31. The number of hydrogen-bond donors (Lipinski definition) is 2. The van der Waals surface area contributed by atoms with Crippen molar-refractivity contribution in [3.05, 3.63) is 70.5 Å². The van der Waals surface area contributed by atoms with Crippen LogP contribution in [0, 0.1) is 5.82 Å². The van der Waals surface area contributed by atoms with Crippen molar-refractivity contribution >= 4 is 0 Å². The molecule has 0 fully saturated rings. The van der Waals surface area contributed by atoms with Gasteiger partial charge in [-0.25, -0.2) is 4.39 Å². The monoisotopic (exact) mass is 316 g/mol. The summed E-state index contributed by atoms with van der Waals surface area (Å²) in [5, 5.41) is 12.6. The number of rotatable bonds is 7. The van der Waals surface area contributed by atoms with Crippen molar-refractivity contribution in [2.45, 2.75) is 32.7 Å². The average Bonchev–Trinajstić information content (AvgIpc) is 2.54. The molecule has 23 heavy (non-hydrogen) atoms. The average molecular weight is 316 g/mol. The van der Waals surface area contributed by atoms with Crippen molar-refractivity contribution in [1.29, 1.82) is 0 Å². The zero-order valence-corrected chi connectivity index (χ0v) is 14.0. The molecule has 0 aliphatic heterocycles. The lowest BCUT2D eigenvalue weighted by Crippen LogP contribution is -2.18. The van der Waals surface area contributed by atoms with Gasteiger partial charge in [0.25, 0.3) is 0 Å². The van der Waals surface area contributed by atoms with Gasteiger partial charge in [-0.05, 0) is 43.8 Å². The minimum Gasteiger partial charge on any atom is -0.392 e. The van der Waals surface area contributed by atoms with Crippen LogP contribution in [0.15, 0.2) is 42.5 Å². The Morgan fingerprint density at radius 1 is 1.13 bits per heavy atom. The quantitative estimate of drug-likeness (QED) is 0.823. The Labute approximate surface area is 137 Å². The molecule has 0 radical (unpaired) electrons. The van der Waals surface area contributed by atoms with Crippen molar-refractivity contribution in [1.82, 2.24) is 10.2 Å². The fraction of sp³-hybridized carbons (Fsp3) is 0.368. The second-order valence-electron chi connectivity index (χ2n) is 6.17. The molecule has 0 bridgehead atoms. The molecule has 0 spiro atoms. The molecule has 0 saturated carbocycles. The normalized spacial score (nSPS) is 12.6. The largest absolute Gasteiger partial charge is 0.392 e. The second kappa shape index (κ2) is 8.20. The molecule has 4 heteroatoms. The lowest BCUT2D eigenvalue weighted by atomic mass is 10.0. The van der Waals surface area contributed by atoms with E-state index >= 15 is 0 Å². The maximum absolute atomic E-state index is 14.1.